The summed E-state index contributed by atoms with van der Waals surface area (Å²) in [5, 5.41) is 7.78. The molecule has 1 aromatic carbocycles. The van der Waals surface area contributed by atoms with E-state index in [-0.39, 0.29) is 5.82 Å². The van der Waals surface area contributed by atoms with Crippen LogP contribution >= 0.6 is 0 Å². The van der Waals surface area contributed by atoms with Gasteiger partial charge >= 0.3 is 0 Å². The molecule has 0 unspecified atom stereocenters. The van der Waals surface area contributed by atoms with E-state index < -0.39 is 0 Å². The Morgan fingerprint density at radius 3 is 2.82 bits per heavy atom. The minimum absolute atomic E-state index is 0.295. The largest absolute Gasteiger partial charge is 0.381 e. The number of benzene rings is 1. The van der Waals surface area contributed by atoms with Gasteiger partial charge in [0.05, 0.1) is 5.69 Å². The van der Waals surface area contributed by atoms with Crippen molar-refractivity contribution in [3.05, 3.63) is 35.3 Å². The number of nitrogens with zero attached hydrogens (tertiary/aromatic N) is 3. The molecule has 0 aliphatic heterocycles. The first-order valence-corrected chi connectivity index (χ1v) is 5.64. The molecule has 2 aromatic rings. The van der Waals surface area contributed by atoms with Gasteiger partial charge in [-0.15, -0.1) is 5.10 Å². The number of rotatable bonds is 2. The van der Waals surface area contributed by atoms with Crippen LogP contribution in [0.15, 0.2) is 18.2 Å². The predicted molar refractivity (Wildman–Crippen MR) is 62.4 cm³/mol. The average Bonchev–Trinajstić information content (AvgIpc) is 3.03. The Morgan fingerprint density at radius 1 is 1.41 bits per heavy atom. The molecule has 1 aromatic heterocycles. The molecule has 3 rings (SSSR count). The van der Waals surface area contributed by atoms with Crippen molar-refractivity contribution in [2.24, 2.45) is 0 Å². The van der Waals surface area contributed by atoms with Crippen LogP contribution < -0.4 is 5.73 Å². The highest BCUT2D eigenvalue weighted by atomic mass is 19.1. The van der Waals surface area contributed by atoms with Gasteiger partial charge in [-0.1, -0.05) is 11.3 Å². The molecule has 0 spiro atoms. The number of aryl methyl sites for hydroxylation is 1. The molecule has 1 heterocycles. The van der Waals surface area contributed by atoms with Gasteiger partial charge in [-0.05, 0) is 37.5 Å². The van der Waals surface area contributed by atoms with Crippen molar-refractivity contribution in [3.8, 4) is 5.69 Å². The summed E-state index contributed by atoms with van der Waals surface area (Å²) in [7, 11) is 0. The molecule has 0 bridgehead atoms. The van der Waals surface area contributed by atoms with Gasteiger partial charge in [0.2, 0.25) is 0 Å². The van der Waals surface area contributed by atoms with Gasteiger partial charge in [0, 0.05) is 5.92 Å². The third kappa shape index (κ3) is 1.67. The minimum Gasteiger partial charge on any atom is -0.381 e. The SMILES string of the molecule is Cc1ccc(-n2nnc(N)c2C2CC2)c(F)c1. The molecule has 1 fully saturated rings. The Hall–Kier alpha value is -1.91. The summed E-state index contributed by atoms with van der Waals surface area (Å²) in [6, 6.07) is 5.06. The van der Waals surface area contributed by atoms with Gasteiger partial charge < -0.3 is 5.73 Å². The fourth-order valence-electron chi connectivity index (χ4n) is 2.00. The second-order valence-electron chi connectivity index (χ2n) is 4.50. The summed E-state index contributed by atoms with van der Waals surface area (Å²) in [6.07, 6.45) is 2.15. The molecule has 1 aliphatic rings. The van der Waals surface area contributed by atoms with Crippen LogP contribution in [0.1, 0.15) is 30.0 Å². The van der Waals surface area contributed by atoms with Crippen LogP contribution in [0.2, 0.25) is 0 Å². The van der Waals surface area contributed by atoms with Crippen LogP contribution in [0, 0.1) is 12.7 Å². The predicted octanol–water partition coefficient (Wildman–Crippen LogP) is 2.17. The smallest absolute Gasteiger partial charge is 0.169 e. The fourth-order valence-corrected chi connectivity index (χ4v) is 2.00. The Balaban J connectivity index is 2.14. The minimum atomic E-state index is -0.295. The molecule has 0 radical (unpaired) electrons. The van der Waals surface area contributed by atoms with E-state index in [1.54, 1.807) is 6.07 Å². The first-order chi connectivity index (χ1) is 8.16. The Bertz CT molecular complexity index is 572. The molecule has 0 amide bonds. The van der Waals surface area contributed by atoms with Gasteiger partial charge in [0.1, 0.15) is 11.5 Å². The van der Waals surface area contributed by atoms with Crippen molar-refractivity contribution in [2.45, 2.75) is 25.7 Å². The molecular formula is C12H13FN4. The lowest BCUT2D eigenvalue weighted by atomic mass is 10.2. The molecule has 4 nitrogen and oxygen atoms in total. The van der Waals surface area contributed by atoms with E-state index in [1.165, 1.54) is 10.7 Å². The lowest BCUT2D eigenvalue weighted by Gasteiger charge is -2.07. The molecule has 5 heteroatoms. The first-order valence-electron chi connectivity index (χ1n) is 5.64. The molecule has 0 atom stereocenters. The number of halogens is 1. The van der Waals surface area contributed by atoms with Crippen molar-refractivity contribution in [1.82, 2.24) is 15.0 Å². The summed E-state index contributed by atoms with van der Waals surface area (Å²) >= 11 is 0. The van der Waals surface area contributed by atoms with Crippen molar-refractivity contribution in [1.29, 1.82) is 0 Å². The molecule has 1 aliphatic carbocycles. The standard InChI is InChI=1S/C12H13FN4/c1-7-2-5-10(9(13)6-7)17-11(8-3-4-8)12(14)15-16-17/h2,5-6,8H,3-4,14H2,1H3. The summed E-state index contributed by atoms with van der Waals surface area (Å²) < 4.78 is 15.4. The lowest BCUT2D eigenvalue weighted by molar-refractivity contribution is 0.601. The highest BCUT2D eigenvalue weighted by Gasteiger charge is 2.31. The van der Waals surface area contributed by atoms with Gasteiger partial charge in [-0.3, -0.25) is 0 Å². The molecule has 88 valence electrons. The summed E-state index contributed by atoms with van der Waals surface area (Å²) in [5.74, 6) is 0.495. The Kier molecular flexibility index (Phi) is 2.14. The monoisotopic (exact) mass is 232 g/mol. The number of aromatic nitrogens is 3. The lowest BCUT2D eigenvalue weighted by Crippen LogP contribution is -2.05. The highest BCUT2D eigenvalue weighted by molar-refractivity contribution is 5.45. The van der Waals surface area contributed by atoms with Gasteiger partial charge in [-0.2, -0.15) is 0 Å². The Labute approximate surface area is 98.2 Å². The maximum absolute atomic E-state index is 13.9. The van der Waals surface area contributed by atoms with Crippen LogP contribution in [0.4, 0.5) is 10.2 Å². The van der Waals surface area contributed by atoms with Crippen molar-refractivity contribution in [2.75, 3.05) is 5.73 Å². The second-order valence-corrected chi connectivity index (χ2v) is 4.50. The second kappa shape index (κ2) is 3.55. The molecular weight excluding hydrogens is 219 g/mol. The molecule has 0 saturated heterocycles. The van der Waals surface area contributed by atoms with Crippen LogP contribution in [0.3, 0.4) is 0 Å². The van der Waals surface area contributed by atoms with Crippen LogP contribution in [-0.2, 0) is 0 Å². The number of nitrogen functional groups attached to an aromatic ring is 1. The normalized spacial score (nSPS) is 15.2. The third-order valence-electron chi connectivity index (χ3n) is 3.03. The third-order valence-corrected chi connectivity index (χ3v) is 3.03. The van der Waals surface area contributed by atoms with E-state index >= 15 is 0 Å². The molecule has 1 saturated carbocycles. The highest BCUT2D eigenvalue weighted by Crippen LogP contribution is 2.42. The van der Waals surface area contributed by atoms with E-state index in [4.69, 9.17) is 5.73 Å². The zero-order chi connectivity index (χ0) is 12.0. The van der Waals surface area contributed by atoms with E-state index in [1.807, 2.05) is 13.0 Å². The zero-order valence-electron chi connectivity index (χ0n) is 9.52. The number of nitrogens with two attached hydrogens (primary N) is 1. The van der Waals surface area contributed by atoms with Crippen LogP contribution in [-0.4, -0.2) is 15.0 Å². The number of hydrogen-bond acceptors (Lipinski definition) is 3. The topological polar surface area (TPSA) is 56.7 Å². The van der Waals surface area contributed by atoms with E-state index in [0.717, 1.165) is 24.1 Å². The Morgan fingerprint density at radius 2 is 2.18 bits per heavy atom. The molecule has 17 heavy (non-hydrogen) atoms. The summed E-state index contributed by atoms with van der Waals surface area (Å²) in [4.78, 5) is 0. The maximum Gasteiger partial charge on any atom is 0.169 e. The van der Waals surface area contributed by atoms with Gasteiger partial charge in [-0.25, -0.2) is 9.07 Å². The van der Waals surface area contributed by atoms with Gasteiger partial charge in [0.15, 0.2) is 5.82 Å². The van der Waals surface area contributed by atoms with Crippen LogP contribution in [0.5, 0.6) is 0 Å². The fraction of sp³-hybridized carbons (Fsp3) is 0.333. The number of anilines is 1. The van der Waals surface area contributed by atoms with Gasteiger partial charge in [0.25, 0.3) is 0 Å². The molecule has 2 N–H and O–H groups in total. The van der Waals surface area contributed by atoms with Crippen molar-refractivity contribution >= 4 is 5.82 Å². The average molecular weight is 232 g/mol. The van der Waals surface area contributed by atoms with E-state index in [0.29, 0.717) is 17.4 Å². The van der Waals surface area contributed by atoms with Crippen molar-refractivity contribution < 1.29 is 4.39 Å². The number of hydrogen-bond donors (Lipinski definition) is 1. The summed E-state index contributed by atoms with van der Waals surface area (Å²) in [6.45, 7) is 1.85. The van der Waals surface area contributed by atoms with Crippen molar-refractivity contribution in [3.63, 3.8) is 0 Å². The van der Waals surface area contributed by atoms with Crippen LogP contribution in [0.25, 0.3) is 5.69 Å². The zero-order valence-corrected chi connectivity index (χ0v) is 9.52. The maximum atomic E-state index is 13.9. The van der Waals surface area contributed by atoms with E-state index in [2.05, 4.69) is 10.3 Å². The first kappa shape index (κ1) is 10.3. The van der Waals surface area contributed by atoms with E-state index in [9.17, 15) is 4.39 Å². The quantitative estimate of drug-likeness (QED) is 0.863. The summed E-state index contributed by atoms with van der Waals surface area (Å²) in [5.41, 5.74) is 7.92.